The quantitative estimate of drug-likeness (QED) is 0.567. The van der Waals surface area contributed by atoms with Gasteiger partial charge in [0, 0.05) is 29.4 Å². The minimum atomic E-state index is -0.440. The highest BCUT2D eigenvalue weighted by molar-refractivity contribution is 6.09. The van der Waals surface area contributed by atoms with Crippen LogP contribution in [0.3, 0.4) is 0 Å². The van der Waals surface area contributed by atoms with Crippen molar-refractivity contribution in [1.82, 2.24) is 15.1 Å². The fourth-order valence-corrected chi connectivity index (χ4v) is 2.70. The third-order valence-corrected chi connectivity index (χ3v) is 4.01. The van der Waals surface area contributed by atoms with Gasteiger partial charge in [-0.05, 0) is 31.2 Å². The van der Waals surface area contributed by atoms with Gasteiger partial charge in [-0.1, -0.05) is 23.4 Å². The molecule has 0 atom stereocenters. The smallest absolute Gasteiger partial charge is 0.274 e. The molecule has 138 valence electrons. The number of carbonyl (C=O) groups excluding carboxylic acids is 2. The van der Waals surface area contributed by atoms with Crippen LogP contribution in [0.5, 0.6) is 0 Å². The number of hydrogen-bond acceptors (Lipinski definition) is 6. The Hall–Kier alpha value is -4.07. The summed E-state index contributed by atoms with van der Waals surface area (Å²) in [5.41, 5.74) is 1.63. The molecule has 0 unspecified atom stereocenters. The van der Waals surface area contributed by atoms with Crippen molar-refractivity contribution < 1.29 is 14.1 Å². The maximum Gasteiger partial charge on any atom is 0.274 e. The Kier molecular flexibility index (Phi) is 4.51. The Bertz CT molecular complexity index is 1180. The maximum atomic E-state index is 12.6. The molecular formula is C20H15N5O3. The molecule has 2 N–H and O–H groups in total. The molecule has 2 amide bonds. The number of amides is 2. The monoisotopic (exact) mass is 373 g/mol. The Balaban J connectivity index is 1.55. The van der Waals surface area contributed by atoms with Crippen LogP contribution >= 0.6 is 0 Å². The van der Waals surface area contributed by atoms with Crippen molar-refractivity contribution in [2.75, 3.05) is 10.6 Å². The van der Waals surface area contributed by atoms with E-state index >= 15 is 0 Å². The summed E-state index contributed by atoms with van der Waals surface area (Å²) in [4.78, 5) is 33.4. The molecule has 0 fully saturated rings. The lowest BCUT2D eigenvalue weighted by molar-refractivity contribution is 0.102. The third-order valence-electron chi connectivity index (χ3n) is 4.01. The first-order chi connectivity index (χ1) is 13.6. The number of nitrogens with zero attached hydrogens (tertiary/aromatic N) is 3. The molecule has 1 aromatic carbocycles. The lowest BCUT2D eigenvalue weighted by Gasteiger charge is -2.08. The molecule has 0 saturated heterocycles. The molecule has 0 bridgehead atoms. The summed E-state index contributed by atoms with van der Waals surface area (Å²) in [5, 5.41) is 10.0. The number of benzene rings is 1. The highest BCUT2D eigenvalue weighted by Gasteiger charge is 2.14. The Labute approximate surface area is 159 Å². The van der Waals surface area contributed by atoms with Crippen molar-refractivity contribution in [1.29, 1.82) is 0 Å². The van der Waals surface area contributed by atoms with Crippen LogP contribution in [0.1, 0.15) is 26.6 Å². The molecular weight excluding hydrogens is 358 g/mol. The van der Waals surface area contributed by atoms with Gasteiger partial charge in [0.1, 0.15) is 11.5 Å². The number of aromatic nitrogens is 3. The highest BCUT2D eigenvalue weighted by Crippen LogP contribution is 2.21. The van der Waals surface area contributed by atoms with E-state index < -0.39 is 11.8 Å². The molecule has 0 spiro atoms. The molecule has 3 aromatic heterocycles. The number of aryl methyl sites for hydroxylation is 1. The summed E-state index contributed by atoms with van der Waals surface area (Å²) in [6.45, 7) is 1.72. The van der Waals surface area contributed by atoms with Crippen LogP contribution in [0.15, 0.2) is 65.4 Å². The van der Waals surface area contributed by atoms with Gasteiger partial charge in [0.25, 0.3) is 11.8 Å². The van der Waals surface area contributed by atoms with Gasteiger partial charge in [-0.2, -0.15) is 0 Å². The predicted molar refractivity (Wildman–Crippen MR) is 103 cm³/mol. The first-order valence-electron chi connectivity index (χ1n) is 8.46. The van der Waals surface area contributed by atoms with E-state index in [2.05, 4.69) is 25.8 Å². The zero-order chi connectivity index (χ0) is 19.5. The number of pyridine rings is 2. The van der Waals surface area contributed by atoms with Crippen LogP contribution in [0.2, 0.25) is 0 Å². The van der Waals surface area contributed by atoms with Gasteiger partial charge in [-0.15, -0.1) is 0 Å². The summed E-state index contributed by atoms with van der Waals surface area (Å²) in [5.74, 6) is 0.0163. The second kappa shape index (κ2) is 7.28. The zero-order valence-corrected chi connectivity index (χ0v) is 14.8. The van der Waals surface area contributed by atoms with Gasteiger partial charge in [-0.25, -0.2) is 0 Å². The summed E-state index contributed by atoms with van der Waals surface area (Å²) >= 11 is 0. The van der Waals surface area contributed by atoms with Crippen molar-refractivity contribution in [3.05, 3.63) is 77.9 Å². The van der Waals surface area contributed by atoms with Crippen LogP contribution in [0.25, 0.3) is 10.9 Å². The summed E-state index contributed by atoms with van der Waals surface area (Å²) in [6, 6.07) is 13.8. The number of fused-ring (bicyclic) bond motifs is 1. The molecule has 0 saturated carbocycles. The van der Waals surface area contributed by atoms with E-state index in [0.717, 1.165) is 5.39 Å². The number of para-hydroxylation sites is 1. The minimum absolute atomic E-state index is 0.108. The summed E-state index contributed by atoms with van der Waals surface area (Å²) < 4.78 is 4.92. The summed E-state index contributed by atoms with van der Waals surface area (Å²) in [6.07, 6.45) is 3.06. The number of carbonyl (C=O) groups is 2. The summed E-state index contributed by atoms with van der Waals surface area (Å²) in [7, 11) is 0. The fourth-order valence-electron chi connectivity index (χ4n) is 2.70. The number of nitrogens with one attached hydrogen (secondary N) is 2. The minimum Gasteiger partial charge on any atom is -0.360 e. The molecule has 0 radical (unpaired) electrons. The molecule has 3 heterocycles. The van der Waals surface area contributed by atoms with E-state index in [0.29, 0.717) is 22.8 Å². The molecule has 8 nitrogen and oxygen atoms in total. The average Bonchev–Trinajstić information content (AvgIpc) is 3.13. The number of hydrogen-bond donors (Lipinski definition) is 2. The topological polar surface area (TPSA) is 110 Å². The highest BCUT2D eigenvalue weighted by atomic mass is 16.5. The first-order valence-corrected chi connectivity index (χ1v) is 8.46. The van der Waals surface area contributed by atoms with E-state index in [1.807, 2.05) is 24.3 Å². The molecule has 4 rings (SSSR count). The second-order valence-corrected chi connectivity index (χ2v) is 6.04. The maximum absolute atomic E-state index is 12.6. The van der Waals surface area contributed by atoms with E-state index in [-0.39, 0.29) is 11.3 Å². The van der Waals surface area contributed by atoms with Crippen molar-refractivity contribution in [3.8, 4) is 0 Å². The molecule has 28 heavy (non-hydrogen) atoms. The Morgan fingerprint density at radius 3 is 2.61 bits per heavy atom. The van der Waals surface area contributed by atoms with Gasteiger partial charge in [0.2, 0.25) is 0 Å². The Morgan fingerprint density at radius 1 is 0.929 bits per heavy atom. The zero-order valence-electron chi connectivity index (χ0n) is 14.8. The van der Waals surface area contributed by atoms with Crippen LogP contribution in [0, 0.1) is 6.92 Å². The van der Waals surface area contributed by atoms with Crippen molar-refractivity contribution in [2.24, 2.45) is 0 Å². The molecule has 8 heteroatoms. The van der Waals surface area contributed by atoms with E-state index in [1.165, 1.54) is 18.3 Å². The van der Waals surface area contributed by atoms with Gasteiger partial charge in [-0.3, -0.25) is 19.6 Å². The fraction of sp³-hybridized carbons (Fsp3) is 0.0500. The number of anilines is 2. The van der Waals surface area contributed by atoms with Crippen molar-refractivity contribution in [2.45, 2.75) is 6.92 Å². The van der Waals surface area contributed by atoms with Crippen LogP contribution < -0.4 is 10.6 Å². The predicted octanol–water partition coefficient (Wildman–Crippen LogP) is 3.43. The molecule has 0 aliphatic rings. The lowest BCUT2D eigenvalue weighted by Crippen LogP contribution is -2.17. The van der Waals surface area contributed by atoms with E-state index in [4.69, 9.17) is 4.52 Å². The van der Waals surface area contributed by atoms with Crippen LogP contribution in [0.4, 0.5) is 11.5 Å². The molecule has 0 aliphatic heterocycles. The first kappa shape index (κ1) is 17.3. The van der Waals surface area contributed by atoms with Gasteiger partial charge in [0.15, 0.2) is 5.82 Å². The molecule has 4 aromatic rings. The van der Waals surface area contributed by atoms with Gasteiger partial charge < -0.3 is 15.2 Å². The lowest BCUT2D eigenvalue weighted by atomic mass is 10.1. The largest absolute Gasteiger partial charge is 0.360 e. The van der Waals surface area contributed by atoms with Crippen molar-refractivity contribution >= 4 is 34.2 Å². The third kappa shape index (κ3) is 3.56. The number of rotatable bonds is 4. The molecule has 0 aliphatic carbocycles. The van der Waals surface area contributed by atoms with Gasteiger partial charge >= 0.3 is 0 Å². The van der Waals surface area contributed by atoms with Crippen LogP contribution in [-0.2, 0) is 0 Å². The Morgan fingerprint density at radius 2 is 1.79 bits per heavy atom. The van der Waals surface area contributed by atoms with E-state index in [1.54, 1.807) is 25.3 Å². The average molecular weight is 373 g/mol. The second-order valence-electron chi connectivity index (χ2n) is 6.04. The standard InChI is InChI=1S/C20H15N5O3/c1-12-10-17(25-28-12)24-19(26)14-7-9-21-16(11-14)20(27)23-15-6-2-4-13-5-3-8-22-18(13)15/h2-11H,1H3,(H,23,27)(H,24,25,26). The van der Waals surface area contributed by atoms with Crippen molar-refractivity contribution in [3.63, 3.8) is 0 Å². The van der Waals surface area contributed by atoms with Crippen LogP contribution in [-0.4, -0.2) is 26.9 Å². The SMILES string of the molecule is Cc1cc(NC(=O)c2ccnc(C(=O)Nc3cccc4cccnc34)c2)no1. The normalized spacial score (nSPS) is 10.6. The van der Waals surface area contributed by atoms with E-state index in [9.17, 15) is 9.59 Å². The van der Waals surface area contributed by atoms with Gasteiger partial charge in [0.05, 0.1) is 11.2 Å².